The molecule has 3 aromatic rings. The molecule has 158 valence electrons. The van der Waals surface area contributed by atoms with Crippen molar-refractivity contribution in [2.45, 2.75) is 26.4 Å². The van der Waals surface area contributed by atoms with E-state index in [2.05, 4.69) is 5.32 Å². The number of halogens is 1. The third-order valence-corrected chi connectivity index (χ3v) is 5.77. The van der Waals surface area contributed by atoms with Gasteiger partial charge in [0.15, 0.2) is 0 Å². The van der Waals surface area contributed by atoms with Crippen LogP contribution in [0.2, 0.25) is 0 Å². The first-order valence-electron chi connectivity index (χ1n) is 9.74. The third kappa shape index (κ3) is 4.25. The summed E-state index contributed by atoms with van der Waals surface area (Å²) in [5.74, 6) is -0.948. The molecule has 3 amide bonds. The summed E-state index contributed by atoms with van der Waals surface area (Å²) in [5, 5.41) is 3.33. The van der Waals surface area contributed by atoms with Crippen LogP contribution in [0.1, 0.15) is 19.4 Å². The molecule has 31 heavy (non-hydrogen) atoms. The molecule has 1 aromatic heterocycles. The summed E-state index contributed by atoms with van der Waals surface area (Å²) in [5.41, 5.74) is 2.08. The Kier molecular flexibility index (Phi) is 5.65. The lowest BCUT2D eigenvalue weighted by Gasteiger charge is -2.16. The Morgan fingerprint density at radius 1 is 1.13 bits per heavy atom. The topological polar surface area (TPSA) is 71.4 Å². The fraction of sp³-hybridized carbons (Fsp3) is 0.174. The molecule has 1 aliphatic heterocycles. The highest BCUT2D eigenvalue weighted by Gasteiger charge is 2.36. The largest absolute Gasteiger partial charge is 0.337 e. The van der Waals surface area contributed by atoms with Gasteiger partial charge in [0, 0.05) is 34.4 Å². The van der Waals surface area contributed by atoms with E-state index in [1.165, 1.54) is 29.2 Å². The fourth-order valence-corrected chi connectivity index (χ4v) is 4.43. The van der Waals surface area contributed by atoms with Crippen molar-refractivity contribution in [3.8, 4) is 0 Å². The van der Waals surface area contributed by atoms with E-state index < -0.39 is 0 Å². The van der Waals surface area contributed by atoms with Gasteiger partial charge in [0.1, 0.15) is 12.4 Å². The minimum Gasteiger partial charge on any atom is -0.337 e. The predicted molar refractivity (Wildman–Crippen MR) is 120 cm³/mol. The zero-order chi connectivity index (χ0) is 22.1. The maximum Gasteiger partial charge on any atom is 0.293 e. The van der Waals surface area contributed by atoms with E-state index in [4.69, 9.17) is 0 Å². The fourth-order valence-electron chi connectivity index (χ4n) is 3.48. The molecule has 0 atom stereocenters. The number of nitrogens with one attached hydrogen (secondary N) is 1. The minimum atomic E-state index is -0.374. The number of hydrogen-bond acceptors (Lipinski definition) is 4. The van der Waals surface area contributed by atoms with Crippen molar-refractivity contribution in [1.29, 1.82) is 0 Å². The summed E-state index contributed by atoms with van der Waals surface area (Å²) in [6.45, 7) is 3.63. The molecule has 1 N–H and O–H groups in total. The normalized spacial score (nSPS) is 15.5. The highest BCUT2D eigenvalue weighted by atomic mass is 32.2. The molecule has 2 aromatic carbocycles. The first-order valence-corrected chi connectivity index (χ1v) is 10.6. The molecule has 6 nitrogen and oxygen atoms in total. The number of nitrogens with zero attached hydrogens (tertiary/aromatic N) is 2. The van der Waals surface area contributed by atoms with Gasteiger partial charge in [-0.15, -0.1) is 0 Å². The molecule has 1 saturated heterocycles. The third-order valence-electron chi connectivity index (χ3n) is 4.89. The Morgan fingerprint density at radius 3 is 2.52 bits per heavy atom. The van der Waals surface area contributed by atoms with Crippen molar-refractivity contribution in [3.63, 3.8) is 0 Å². The zero-order valence-electron chi connectivity index (χ0n) is 17.0. The van der Waals surface area contributed by atoms with Crippen molar-refractivity contribution in [1.82, 2.24) is 9.47 Å². The van der Waals surface area contributed by atoms with E-state index in [0.717, 1.165) is 28.2 Å². The van der Waals surface area contributed by atoms with Crippen LogP contribution in [0.15, 0.2) is 59.6 Å². The summed E-state index contributed by atoms with van der Waals surface area (Å²) in [4.78, 5) is 38.9. The van der Waals surface area contributed by atoms with E-state index in [9.17, 15) is 18.8 Å². The molecular formula is C23H20FN3O3S. The van der Waals surface area contributed by atoms with Gasteiger partial charge in [-0.25, -0.2) is 4.39 Å². The van der Waals surface area contributed by atoms with Crippen LogP contribution in [0.25, 0.3) is 17.0 Å². The van der Waals surface area contributed by atoms with Crippen molar-refractivity contribution in [2.75, 3.05) is 5.32 Å². The van der Waals surface area contributed by atoms with Crippen LogP contribution < -0.4 is 5.32 Å². The Hall–Kier alpha value is -3.39. The number of rotatable bonds is 5. The number of aromatic nitrogens is 1. The second-order valence-corrected chi connectivity index (χ2v) is 8.42. The van der Waals surface area contributed by atoms with Crippen LogP contribution in [-0.4, -0.2) is 32.6 Å². The molecule has 0 spiro atoms. The number of amides is 3. The van der Waals surface area contributed by atoms with Gasteiger partial charge in [-0.1, -0.05) is 18.2 Å². The molecule has 1 fully saturated rings. The van der Waals surface area contributed by atoms with Crippen LogP contribution in [0.3, 0.4) is 0 Å². The molecule has 0 unspecified atom stereocenters. The van der Waals surface area contributed by atoms with Gasteiger partial charge in [0.05, 0.1) is 4.91 Å². The molecule has 4 rings (SSSR count). The van der Waals surface area contributed by atoms with Crippen LogP contribution in [0.4, 0.5) is 14.9 Å². The number of carbonyl (C=O) groups excluding carboxylic acids is 3. The summed E-state index contributed by atoms with van der Waals surface area (Å²) >= 11 is 0.919. The summed E-state index contributed by atoms with van der Waals surface area (Å²) in [6, 6.07) is 12.9. The number of imide groups is 1. The Labute approximate surface area is 182 Å². The van der Waals surface area contributed by atoms with E-state index in [0.29, 0.717) is 10.6 Å². The van der Waals surface area contributed by atoms with E-state index in [1.54, 1.807) is 30.7 Å². The first-order chi connectivity index (χ1) is 14.8. The van der Waals surface area contributed by atoms with Crippen molar-refractivity contribution in [2.24, 2.45) is 0 Å². The van der Waals surface area contributed by atoms with Gasteiger partial charge >= 0.3 is 0 Å². The van der Waals surface area contributed by atoms with Gasteiger partial charge in [-0.2, -0.15) is 0 Å². The second-order valence-electron chi connectivity index (χ2n) is 7.43. The molecule has 0 saturated carbocycles. The predicted octanol–water partition coefficient (Wildman–Crippen LogP) is 4.86. The highest BCUT2D eigenvalue weighted by Crippen LogP contribution is 2.35. The quantitative estimate of drug-likeness (QED) is 0.579. The molecule has 8 heteroatoms. The van der Waals surface area contributed by atoms with Crippen molar-refractivity contribution < 1.29 is 18.8 Å². The van der Waals surface area contributed by atoms with Crippen LogP contribution in [0, 0.1) is 5.82 Å². The van der Waals surface area contributed by atoms with Gasteiger partial charge in [0.25, 0.3) is 11.1 Å². The van der Waals surface area contributed by atoms with E-state index >= 15 is 0 Å². The molecule has 0 aliphatic carbocycles. The standard InChI is InChI=1S/C23H20FN3O3S/c1-14(2)27-22(29)20(31-23(27)30)11-15-12-26(19-6-4-3-5-18(15)19)13-21(28)25-17-9-7-16(24)8-10-17/h3-12,14H,13H2,1-2H3,(H,25,28). The van der Waals surface area contributed by atoms with Crippen LogP contribution in [-0.2, 0) is 16.1 Å². The monoisotopic (exact) mass is 437 g/mol. The SMILES string of the molecule is CC(C)N1C(=O)SC(=Cc2cn(CC(=O)Nc3ccc(F)cc3)c3ccccc23)C1=O. The second kappa shape index (κ2) is 8.39. The van der Waals surface area contributed by atoms with Gasteiger partial charge in [0.2, 0.25) is 5.91 Å². The Bertz CT molecular complexity index is 1210. The molecule has 0 radical (unpaired) electrons. The first kappa shape index (κ1) is 20.9. The minimum absolute atomic E-state index is 0.0409. The van der Waals surface area contributed by atoms with Crippen LogP contribution in [0.5, 0.6) is 0 Å². The maximum atomic E-state index is 13.1. The van der Waals surface area contributed by atoms with Crippen molar-refractivity contribution >= 4 is 51.5 Å². The smallest absolute Gasteiger partial charge is 0.293 e. The van der Waals surface area contributed by atoms with Gasteiger partial charge < -0.3 is 9.88 Å². The lowest BCUT2D eigenvalue weighted by Crippen LogP contribution is -2.34. The number of thioether (sulfide) groups is 1. The molecule has 1 aliphatic rings. The molecule has 0 bridgehead atoms. The Morgan fingerprint density at radius 2 is 1.84 bits per heavy atom. The average molecular weight is 437 g/mol. The summed E-state index contributed by atoms with van der Waals surface area (Å²) < 4.78 is 14.8. The molecular weight excluding hydrogens is 417 g/mol. The number of hydrogen-bond donors (Lipinski definition) is 1. The highest BCUT2D eigenvalue weighted by molar-refractivity contribution is 8.18. The summed E-state index contributed by atoms with van der Waals surface area (Å²) in [6.07, 6.45) is 3.49. The van der Waals surface area contributed by atoms with E-state index in [-0.39, 0.29) is 35.5 Å². The summed E-state index contributed by atoms with van der Waals surface area (Å²) in [7, 11) is 0. The van der Waals surface area contributed by atoms with E-state index in [1.807, 2.05) is 24.3 Å². The number of anilines is 1. The van der Waals surface area contributed by atoms with Crippen LogP contribution >= 0.6 is 11.8 Å². The number of carbonyl (C=O) groups is 3. The number of benzene rings is 2. The lowest BCUT2D eigenvalue weighted by atomic mass is 10.1. The lowest BCUT2D eigenvalue weighted by molar-refractivity contribution is -0.123. The van der Waals surface area contributed by atoms with Gasteiger partial charge in [-0.05, 0) is 62.0 Å². The number of para-hydroxylation sites is 1. The van der Waals surface area contributed by atoms with Crippen molar-refractivity contribution in [3.05, 3.63) is 71.0 Å². The Balaban J connectivity index is 1.62. The zero-order valence-corrected chi connectivity index (χ0v) is 17.8. The maximum absolute atomic E-state index is 13.1. The molecule has 2 heterocycles. The number of fused-ring (bicyclic) bond motifs is 1. The van der Waals surface area contributed by atoms with Gasteiger partial charge in [-0.3, -0.25) is 19.3 Å². The average Bonchev–Trinajstić information content (AvgIpc) is 3.20.